The van der Waals surface area contributed by atoms with E-state index < -0.39 is 21.3 Å². The molecule has 0 aliphatic carbocycles. The van der Waals surface area contributed by atoms with Gasteiger partial charge in [0.15, 0.2) is 11.2 Å². The molecular formula is C21H22N6O4S. The van der Waals surface area contributed by atoms with Gasteiger partial charge in [-0.1, -0.05) is 42.5 Å². The van der Waals surface area contributed by atoms with Crippen LogP contribution in [0.5, 0.6) is 0 Å². The van der Waals surface area contributed by atoms with Crippen molar-refractivity contribution in [2.24, 2.45) is 19.2 Å². The third-order valence-electron chi connectivity index (χ3n) is 5.23. The second-order valence-electron chi connectivity index (χ2n) is 7.43. The average Bonchev–Trinajstić information content (AvgIpc) is 3.13. The van der Waals surface area contributed by atoms with Crippen LogP contribution >= 0.6 is 0 Å². The predicted molar refractivity (Wildman–Crippen MR) is 121 cm³/mol. The Labute approximate surface area is 183 Å². The molecule has 166 valence electrons. The second-order valence-corrected chi connectivity index (χ2v) is 8.99. The summed E-state index contributed by atoms with van der Waals surface area (Å²) in [7, 11) is -0.765. The molecule has 2 aromatic carbocycles. The molecule has 4 aromatic rings. The topological polar surface area (TPSA) is 134 Å². The Bertz CT molecular complexity index is 1520. The van der Waals surface area contributed by atoms with Crippen molar-refractivity contribution in [1.29, 1.82) is 0 Å². The van der Waals surface area contributed by atoms with Crippen LogP contribution in [0.15, 0.2) is 69.1 Å². The van der Waals surface area contributed by atoms with E-state index in [1.165, 1.54) is 23.7 Å². The molecule has 0 aliphatic rings. The van der Waals surface area contributed by atoms with Gasteiger partial charge in [-0.25, -0.2) is 18.4 Å². The third-order valence-corrected chi connectivity index (χ3v) is 6.16. The normalized spacial score (nSPS) is 11.7. The van der Waals surface area contributed by atoms with Crippen molar-refractivity contribution in [3.8, 4) is 0 Å². The molecule has 0 fully saturated rings. The Hall–Kier alpha value is -3.70. The summed E-state index contributed by atoms with van der Waals surface area (Å²) in [6, 6.07) is 15.7. The molecule has 0 saturated heterocycles. The zero-order chi connectivity index (χ0) is 23.0. The molecule has 0 unspecified atom stereocenters. The number of sulfonamides is 1. The van der Waals surface area contributed by atoms with Crippen LogP contribution in [0.25, 0.3) is 11.2 Å². The fourth-order valence-corrected chi connectivity index (χ4v) is 3.99. The Balaban J connectivity index is 1.77. The zero-order valence-electron chi connectivity index (χ0n) is 17.5. The van der Waals surface area contributed by atoms with E-state index in [2.05, 4.69) is 10.3 Å². The predicted octanol–water partition coefficient (Wildman–Crippen LogP) is 0.741. The van der Waals surface area contributed by atoms with Crippen molar-refractivity contribution in [3.63, 3.8) is 0 Å². The first-order chi connectivity index (χ1) is 15.2. The van der Waals surface area contributed by atoms with Crippen LogP contribution < -0.4 is 21.7 Å². The lowest BCUT2D eigenvalue weighted by atomic mass is 10.2. The molecule has 0 atom stereocenters. The standard InChI is InChI=1S/C21H22N6O4S/c1-25-18-17(19(28)26(2)21(25)29)27(13-15-6-4-3-5-7-15)20(24-18)23-12-14-8-10-16(11-9-14)32(22,30)31/h3-11H,12-13H2,1-2H3,(H,23,24)(H2,22,30,31). The molecule has 0 bridgehead atoms. The summed E-state index contributed by atoms with van der Waals surface area (Å²) in [6.07, 6.45) is 0. The van der Waals surface area contributed by atoms with Gasteiger partial charge in [0.25, 0.3) is 5.56 Å². The Morgan fingerprint density at radius 3 is 2.22 bits per heavy atom. The minimum absolute atomic E-state index is 0.0241. The number of primary sulfonamides is 1. The number of nitrogens with zero attached hydrogens (tertiary/aromatic N) is 4. The highest BCUT2D eigenvalue weighted by Crippen LogP contribution is 2.19. The number of anilines is 1. The Kier molecular flexibility index (Phi) is 5.45. The van der Waals surface area contributed by atoms with Crippen LogP contribution in [0.2, 0.25) is 0 Å². The van der Waals surface area contributed by atoms with Crippen LogP contribution in [-0.4, -0.2) is 27.1 Å². The molecule has 2 heterocycles. The number of imidazole rings is 1. The number of nitrogens with one attached hydrogen (secondary N) is 1. The number of hydrogen-bond acceptors (Lipinski definition) is 6. The van der Waals surface area contributed by atoms with Crippen LogP contribution in [0, 0.1) is 0 Å². The second kappa shape index (κ2) is 8.09. The van der Waals surface area contributed by atoms with Crippen LogP contribution in [0.3, 0.4) is 0 Å². The van der Waals surface area contributed by atoms with Crippen molar-refractivity contribution in [2.75, 3.05) is 5.32 Å². The van der Waals surface area contributed by atoms with E-state index in [4.69, 9.17) is 5.14 Å². The maximum Gasteiger partial charge on any atom is 0.332 e. The zero-order valence-corrected chi connectivity index (χ0v) is 18.3. The first kappa shape index (κ1) is 21.5. The van der Waals surface area contributed by atoms with E-state index >= 15 is 0 Å². The van der Waals surface area contributed by atoms with Gasteiger partial charge >= 0.3 is 5.69 Å². The maximum absolute atomic E-state index is 12.9. The molecule has 0 saturated carbocycles. The number of aromatic nitrogens is 4. The molecule has 3 N–H and O–H groups in total. The summed E-state index contributed by atoms with van der Waals surface area (Å²) in [6.45, 7) is 0.689. The minimum Gasteiger partial charge on any atom is -0.351 e. The lowest BCUT2D eigenvalue weighted by Crippen LogP contribution is -2.37. The fourth-order valence-electron chi connectivity index (χ4n) is 3.48. The number of nitrogens with two attached hydrogens (primary N) is 1. The summed E-state index contributed by atoms with van der Waals surface area (Å²) < 4.78 is 27.0. The number of fused-ring (bicyclic) bond motifs is 1. The van der Waals surface area contributed by atoms with E-state index in [-0.39, 0.29) is 10.5 Å². The van der Waals surface area contributed by atoms with Gasteiger partial charge in [0.2, 0.25) is 16.0 Å². The highest BCUT2D eigenvalue weighted by Gasteiger charge is 2.19. The highest BCUT2D eigenvalue weighted by molar-refractivity contribution is 7.89. The fraction of sp³-hybridized carbons (Fsp3) is 0.190. The van der Waals surface area contributed by atoms with Gasteiger partial charge in [0.1, 0.15) is 0 Å². The van der Waals surface area contributed by atoms with Crippen molar-refractivity contribution in [2.45, 2.75) is 18.0 Å². The quantitative estimate of drug-likeness (QED) is 0.441. The highest BCUT2D eigenvalue weighted by atomic mass is 32.2. The van der Waals surface area contributed by atoms with Crippen molar-refractivity contribution in [3.05, 3.63) is 86.6 Å². The van der Waals surface area contributed by atoms with E-state index in [0.29, 0.717) is 24.6 Å². The van der Waals surface area contributed by atoms with Gasteiger partial charge < -0.3 is 5.32 Å². The van der Waals surface area contributed by atoms with Gasteiger partial charge in [-0.05, 0) is 23.3 Å². The van der Waals surface area contributed by atoms with Crippen LogP contribution in [0.1, 0.15) is 11.1 Å². The lowest BCUT2D eigenvalue weighted by Gasteiger charge is -2.11. The van der Waals surface area contributed by atoms with Gasteiger partial charge in [0.05, 0.1) is 11.4 Å². The van der Waals surface area contributed by atoms with E-state index in [0.717, 1.165) is 15.7 Å². The first-order valence-corrected chi connectivity index (χ1v) is 11.3. The average molecular weight is 455 g/mol. The summed E-state index contributed by atoms with van der Waals surface area (Å²) >= 11 is 0. The Morgan fingerprint density at radius 2 is 1.59 bits per heavy atom. The van der Waals surface area contributed by atoms with Gasteiger partial charge in [0, 0.05) is 20.6 Å². The number of rotatable bonds is 6. The molecular weight excluding hydrogens is 432 g/mol. The van der Waals surface area contributed by atoms with E-state index in [9.17, 15) is 18.0 Å². The molecule has 0 spiro atoms. The van der Waals surface area contributed by atoms with E-state index in [1.54, 1.807) is 23.7 Å². The smallest absolute Gasteiger partial charge is 0.332 e. The van der Waals surface area contributed by atoms with Crippen molar-refractivity contribution >= 4 is 27.1 Å². The molecule has 0 amide bonds. The van der Waals surface area contributed by atoms with Crippen molar-refractivity contribution < 1.29 is 8.42 Å². The molecule has 10 nitrogen and oxygen atoms in total. The Morgan fingerprint density at radius 1 is 0.938 bits per heavy atom. The summed E-state index contributed by atoms with van der Waals surface area (Å²) in [5.74, 6) is 0.415. The van der Waals surface area contributed by atoms with E-state index in [1.807, 2.05) is 30.3 Å². The summed E-state index contributed by atoms with van der Waals surface area (Å²) in [4.78, 5) is 29.8. The van der Waals surface area contributed by atoms with Gasteiger partial charge in [-0.3, -0.25) is 18.5 Å². The summed E-state index contributed by atoms with van der Waals surface area (Å²) in [5, 5.41) is 8.34. The third kappa shape index (κ3) is 3.95. The molecule has 0 radical (unpaired) electrons. The SMILES string of the molecule is Cn1c(=O)c2c(nc(NCc3ccc(S(N)(=O)=O)cc3)n2Cc2ccccc2)n(C)c1=O. The van der Waals surface area contributed by atoms with Crippen LogP contribution in [0.4, 0.5) is 5.95 Å². The minimum atomic E-state index is -3.77. The van der Waals surface area contributed by atoms with Crippen LogP contribution in [-0.2, 0) is 37.2 Å². The molecule has 32 heavy (non-hydrogen) atoms. The molecule has 11 heteroatoms. The molecule has 2 aromatic heterocycles. The lowest BCUT2D eigenvalue weighted by molar-refractivity contribution is 0.598. The largest absolute Gasteiger partial charge is 0.351 e. The summed E-state index contributed by atoms with van der Waals surface area (Å²) in [5.41, 5.74) is 1.45. The number of aryl methyl sites for hydroxylation is 1. The first-order valence-electron chi connectivity index (χ1n) is 9.72. The monoisotopic (exact) mass is 454 g/mol. The van der Waals surface area contributed by atoms with Gasteiger partial charge in [-0.2, -0.15) is 4.98 Å². The molecule has 0 aliphatic heterocycles. The van der Waals surface area contributed by atoms with Gasteiger partial charge in [-0.15, -0.1) is 0 Å². The molecule has 4 rings (SSSR count). The maximum atomic E-state index is 12.9. The number of hydrogen-bond donors (Lipinski definition) is 2. The van der Waals surface area contributed by atoms with Crippen molar-refractivity contribution in [1.82, 2.24) is 18.7 Å². The number of benzene rings is 2.